The van der Waals surface area contributed by atoms with Crippen LogP contribution in [0.3, 0.4) is 0 Å². The highest BCUT2D eigenvalue weighted by Gasteiger charge is 2.19. The maximum absolute atomic E-state index is 8.71. The normalized spacial score (nSPS) is 17.5. The molecule has 8 heteroatoms. The number of oxime groups is 1. The Morgan fingerprint density at radius 2 is 2.10 bits per heavy atom. The number of aromatic nitrogens is 2. The molecule has 2 rings (SSSR count). The van der Waals surface area contributed by atoms with E-state index in [2.05, 4.69) is 43.9 Å². The van der Waals surface area contributed by atoms with Gasteiger partial charge >= 0.3 is 0 Å². The molecule has 0 saturated carbocycles. The number of likely N-dealkylation sites (N-methyl/N-ethyl adjacent to an activating group) is 1. The predicted molar refractivity (Wildman–Crippen MR) is 81.7 cm³/mol. The molecule has 1 fully saturated rings. The van der Waals surface area contributed by atoms with Crippen LogP contribution < -0.4 is 10.6 Å². The van der Waals surface area contributed by atoms with Crippen molar-refractivity contribution in [3.8, 4) is 0 Å². The second-order valence-electron chi connectivity index (χ2n) is 5.36. The fourth-order valence-electron chi connectivity index (χ4n) is 2.21. The van der Waals surface area contributed by atoms with Crippen molar-refractivity contribution in [2.45, 2.75) is 0 Å². The first-order chi connectivity index (χ1) is 10.1. The van der Waals surface area contributed by atoms with Crippen LogP contribution in [0.15, 0.2) is 17.4 Å². The van der Waals surface area contributed by atoms with Gasteiger partial charge in [0.2, 0.25) is 5.95 Å². The van der Waals surface area contributed by atoms with Gasteiger partial charge in [0.25, 0.3) is 0 Å². The van der Waals surface area contributed by atoms with Gasteiger partial charge in [-0.15, -0.1) is 0 Å². The van der Waals surface area contributed by atoms with Crippen LogP contribution in [-0.4, -0.2) is 84.2 Å². The van der Waals surface area contributed by atoms with E-state index >= 15 is 0 Å². The molecule has 0 amide bonds. The van der Waals surface area contributed by atoms with Crippen molar-refractivity contribution in [3.05, 3.63) is 18.0 Å². The van der Waals surface area contributed by atoms with Gasteiger partial charge in [0.05, 0.1) is 0 Å². The summed E-state index contributed by atoms with van der Waals surface area (Å²) in [6, 6.07) is 1.63. The lowest BCUT2D eigenvalue weighted by atomic mass is 10.3. The summed E-state index contributed by atoms with van der Waals surface area (Å²) in [5, 5.41) is 11.7. The van der Waals surface area contributed by atoms with Gasteiger partial charge in [-0.25, -0.2) is 9.97 Å². The minimum Gasteiger partial charge on any atom is -0.409 e. The maximum atomic E-state index is 8.71. The summed E-state index contributed by atoms with van der Waals surface area (Å²) in [6.45, 7) is 5.89. The van der Waals surface area contributed by atoms with E-state index in [1.54, 1.807) is 12.3 Å². The third-order valence-electron chi connectivity index (χ3n) is 3.53. The van der Waals surface area contributed by atoms with Crippen molar-refractivity contribution >= 4 is 11.8 Å². The van der Waals surface area contributed by atoms with Crippen molar-refractivity contribution in [2.75, 3.05) is 58.3 Å². The average Bonchev–Trinajstić information content (AvgIpc) is 2.52. The monoisotopic (exact) mass is 293 g/mol. The average molecular weight is 293 g/mol. The van der Waals surface area contributed by atoms with Crippen molar-refractivity contribution in [1.82, 2.24) is 19.8 Å². The van der Waals surface area contributed by atoms with Crippen molar-refractivity contribution in [1.29, 1.82) is 0 Å². The van der Waals surface area contributed by atoms with Crippen LogP contribution >= 0.6 is 0 Å². The Morgan fingerprint density at radius 3 is 2.71 bits per heavy atom. The number of rotatable bonds is 5. The lowest BCUT2D eigenvalue weighted by Crippen LogP contribution is -2.48. The van der Waals surface area contributed by atoms with E-state index in [1.807, 2.05) is 0 Å². The SMILES string of the molecule is CN(C)CCN1CCN(c2nccc(/C(N)=N/O)n2)CC1. The summed E-state index contributed by atoms with van der Waals surface area (Å²) in [7, 11) is 4.17. The zero-order valence-corrected chi connectivity index (χ0v) is 12.6. The standard InChI is InChI=1S/C13H23N7O/c1-18(2)5-6-19-7-9-20(10-8-19)13-15-4-3-11(16-13)12(14)17-21/h3-4,21H,5-10H2,1-2H3,(H2,14,17). The number of hydrogen-bond acceptors (Lipinski definition) is 7. The van der Waals surface area contributed by atoms with Gasteiger partial charge in [-0.1, -0.05) is 5.16 Å². The third-order valence-corrected chi connectivity index (χ3v) is 3.53. The Balaban J connectivity index is 1.93. The lowest BCUT2D eigenvalue weighted by Gasteiger charge is -2.35. The van der Waals surface area contributed by atoms with Crippen LogP contribution in [0.4, 0.5) is 5.95 Å². The largest absolute Gasteiger partial charge is 0.409 e. The number of nitrogens with two attached hydrogens (primary N) is 1. The van der Waals surface area contributed by atoms with Gasteiger partial charge in [0, 0.05) is 45.5 Å². The van der Waals surface area contributed by atoms with Gasteiger partial charge in [-0.3, -0.25) is 4.90 Å². The molecule has 1 aromatic heterocycles. The molecule has 21 heavy (non-hydrogen) atoms. The Hall–Kier alpha value is -1.93. The van der Waals surface area contributed by atoms with Gasteiger partial charge < -0.3 is 20.7 Å². The molecular formula is C13H23N7O. The minimum absolute atomic E-state index is 0.00303. The van der Waals surface area contributed by atoms with Crippen LogP contribution in [0, 0.1) is 0 Å². The van der Waals surface area contributed by atoms with Gasteiger partial charge in [-0.2, -0.15) is 0 Å². The Morgan fingerprint density at radius 1 is 1.38 bits per heavy atom. The van der Waals surface area contributed by atoms with Crippen LogP contribution in [0.5, 0.6) is 0 Å². The fourth-order valence-corrected chi connectivity index (χ4v) is 2.21. The zero-order chi connectivity index (χ0) is 15.2. The van der Waals surface area contributed by atoms with Gasteiger partial charge in [0.15, 0.2) is 5.84 Å². The van der Waals surface area contributed by atoms with Crippen LogP contribution in [0.2, 0.25) is 0 Å². The van der Waals surface area contributed by atoms with Crippen LogP contribution in [0.25, 0.3) is 0 Å². The summed E-state index contributed by atoms with van der Waals surface area (Å²) in [5.74, 6) is 0.634. The maximum Gasteiger partial charge on any atom is 0.226 e. The zero-order valence-electron chi connectivity index (χ0n) is 12.6. The summed E-state index contributed by atoms with van der Waals surface area (Å²) in [5.41, 5.74) is 6.00. The number of amidine groups is 1. The molecule has 0 radical (unpaired) electrons. The molecule has 0 spiro atoms. The molecular weight excluding hydrogens is 270 g/mol. The molecule has 1 aliphatic rings. The van der Waals surface area contributed by atoms with E-state index in [0.717, 1.165) is 39.3 Å². The lowest BCUT2D eigenvalue weighted by molar-refractivity contribution is 0.228. The van der Waals surface area contributed by atoms with Crippen molar-refractivity contribution in [3.63, 3.8) is 0 Å². The number of piperazine rings is 1. The van der Waals surface area contributed by atoms with Gasteiger partial charge in [0.1, 0.15) is 5.69 Å². The molecule has 0 atom stereocenters. The van der Waals surface area contributed by atoms with E-state index in [0.29, 0.717) is 11.6 Å². The molecule has 1 saturated heterocycles. The smallest absolute Gasteiger partial charge is 0.226 e. The number of anilines is 1. The molecule has 116 valence electrons. The van der Waals surface area contributed by atoms with E-state index in [4.69, 9.17) is 10.9 Å². The highest BCUT2D eigenvalue weighted by molar-refractivity contribution is 5.95. The highest BCUT2D eigenvalue weighted by atomic mass is 16.4. The minimum atomic E-state index is 0.00303. The van der Waals surface area contributed by atoms with Gasteiger partial charge in [-0.05, 0) is 20.2 Å². The van der Waals surface area contributed by atoms with Crippen molar-refractivity contribution in [2.24, 2.45) is 10.9 Å². The second-order valence-corrected chi connectivity index (χ2v) is 5.36. The van der Waals surface area contributed by atoms with Crippen LogP contribution in [0.1, 0.15) is 5.69 Å². The Kier molecular flexibility index (Phi) is 5.29. The van der Waals surface area contributed by atoms with E-state index in [1.165, 1.54) is 0 Å². The first-order valence-electron chi connectivity index (χ1n) is 7.03. The molecule has 2 heterocycles. The fraction of sp³-hybridized carbons (Fsp3) is 0.615. The highest BCUT2D eigenvalue weighted by Crippen LogP contribution is 2.11. The summed E-state index contributed by atoms with van der Waals surface area (Å²) >= 11 is 0. The molecule has 8 nitrogen and oxygen atoms in total. The van der Waals surface area contributed by atoms with E-state index in [9.17, 15) is 0 Å². The Labute approximate surface area is 124 Å². The molecule has 0 bridgehead atoms. The molecule has 3 N–H and O–H groups in total. The van der Waals surface area contributed by atoms with E-state index < -0.39 is 0 Å². The molecule has 0 aromatic carbocycles. The third kappa shape index (κ3) is 4.27. The van der Waals surface area contributed by atoms with Crippen molar-refractivity contribution < 1.29 is 5.21 Å². The second kappa shape index (κ2) is 7.19. The molecule has 0 unspecified atom stereocenters. The molecule has 1 aromatic rings. The summed E-state index contributed by atoms with van der Waals surface area (Å²) < 4.78 is 0. The predicted octanol–water partition coefficient (Wildman–Crippen LogP) is -0.745. The first kappa shape index (κ1) is 15.5. The van der Waals surface area contributed by atoms with Crippen LogP contribution in [-0.2, 0) is 0 Å². The first-order valence-corrected chi connectivity index (χ1v) is 7.03. The topological polar surface area (TPSA) is 94.1 Å². The number of hydrogen-bond donors (Lipinski definition) is 2. The number of nitrogens with zero attached hydrogens (tertiary/aromatic N) is 6. The summed E-state index contributed by atoms with van der Waals surface area (Å²) in [4.78, 5) is 15.4. The summed E-state index contributed by atoms with van der Waals surface area (Å²) in [6.07, 6.45) is 1.63. The molecule has 1 aliphatic heterocycles. The quantitative estimate of drug-likeness (QED) is 0.319. The molecule has 0 aliphatic carbocycles. The van der Waals surface area contributed by atoms with E-state index in [-0.39, 0.29) is 5.84 Å². The Bertz CT molecular complexity index is 483.